The molecule has 0 rings (SSSR count). The van der Waals surface area contributed by atoms with E-state index >= 15 is 0 Å². The van der Waals surface area contributed by atoms with Gasteiger partial charge in [0.1, 0.15) is 0 Å². The predicted octanol–water partition coefficient (Wildman–Crippen LogP) is 3.35. The van der Waals surface area contributed by atoms with Crippen LogP contribution in [0.15, 0.2) is 36.7 Å². The minimum absolute atomic E-state index is 0.275. The summed E-state index contributed by atoms with van der Waals surface area (Å²) in [6.45, 7) is 18.8. The Kier molecular flexibility index (Phi) is 7.44. The van der Waals surface area contributed by atoms with Crippen LogP contribution >= 0.6 is 0 Å². The lowest BCUT2D eigenvalue weighted by Gasteiger charge is -2.23. The summed E-state index contributed by atoms with van der Waals surface area (Å²) in [5.74, 6) is 0. The molecule has 0 aromatic heterocycles. The van der Waals surface area contributed by atoms with Crippen molar-refractivity contribution in [2.75, 3.05) is 6.54 Å². The van der Waals surface area contributed by atoms with Gasteiger partial charge in [0.05, 0.1) is 6.04 Å². The van der Waals surface area contributed by atoms with E-state index < -0.39 is 0 Å². The normalized spacial score (nSPS) is 11.7. The van der Waals surface area contributed by atoms with Crippen molar-refractivity contribution < 1.29 is 0 Å². The highest BCUT2D eigenvalue weighted by atomic mass is 15.0. The Morgan fingerprint density at radius 2 is 1.81 bits per heavy atom. The number of allylic oxidation sites excluding steroid dienone is 1. The van der Waals surface area contributed by atoms with Crippen LogP contribution in [-0.4, -0.2) is 12.6 Å². The summed E-state index contributed by atoms with van der Waals surface area (Å²) in [4.78, 5) is 0. The number of hydrogen-bond acceptors (Lipinski definition) is 2. The molecule has 0 heterocycles. The van der Waals surface area contributed by atoms with Gasteiger partial charge < -0.3 is 10.6 Å². The van der Waals surface area contributed by atoms with E-state index in [1.807, 2.05) is 13.8 Å². The highest BCUT2D eigenvalue weighted by molar-refractivity contribution is 5.09. The minimum atomic E-state index is 0.275. The quantitative estimate of drug-likeness (QED) is 0.585. The molecule has 92 valence electrons. The monoisotopic (exact) mass is 222 g/mol. The van der Waals surface area contributed by atoms with Gasteiger partial charge in [-0.15, -0.1) is 0 Å². The molecule has 1 atom stereocenters. The van der Waals surface area contributed by atoms with Crippen LogP contribution in [0.25, 0.3) is 0 Å². The predicted molar refractivity (Wildman–Crippen MR) is 73.2 cm³/mol. The topological polar surface area (TPSA) is 24.1 Å². The molecule has 0 amide bonds. The molecule has 2 N–H and O–H groups in total. The molecule has 0 radical (unpaired) electrons. The van der Waals surface area contributed by atoms with Crippen molar-refractivity contribution >= 4 is 0 Å². The van der Waals surface area contributed by atoms with Crippen LogP contribution in [0.1, 0.15) is 40.0 Å². The number of nitrogens with one attached hydrogen (secondary N) is 2. The Hall–Kier alpha value is -1.18. The third-order valence-electron chi connectivity index (χ3n) is 2.30. The second kappa shape index (κ2) is 8.03. The van der Waals surface area contributed by atoms with E-state index in [1.54, 1.807) is 0 Å². The molecule has 0 fully saturated rings. The zero-order valence-electron chi connectivity index (χ0n) is 11.0. The summed E-state index contributed by atoms with van der Waals surface area (Å²) in [7, 11) is 0. The molecular weight excluding hydrogens is 196 g/mol. The Labute approximate surface area is 101 Å². The third kappa shape index (κ3) is 7.16. The zero-order chi connectivity index (χ0) is 12.6. The highest BCUT2D eigenvalue weighted by Crippen LogP contribution is 2.08. The molecule has 0 saturated heterocycles. The maximum absolute atomic E-state index is 4.08. The van der Waals surface area contributed by atoms with Crippen molar-refractivity contribution in [1.82, 2.24) is 10.6 Å². The van der Waals surface area contributed by atoms with Gasteiger partial charge in [0.2, 0.25) is 0 Å². The van der Waals surface area contributed by atoms with E-state index in [2.05, 4.69) is 37.3 Å². The first-order valence-corrected chi connectivity index (χ1v) is 5.96. The van der Waals surface area contributed by atoms with E-state index in [-0.39, 0.29) is 6.04 Å². The van der Waals surface area contributed by atoms with E-state index in [1.165, 1.54) is 12.8 Å². The average Bonchev–Trinajstić information content (AvgIpc) is 2.20. The van der Waals surface area contributed by atoms with Gasteiger partial charge in [-0.2, -0.15) is 0 Å². The van der Waals surface area contributed by atoms with Crippen LogP contribution < -0.4 is 10.6 Å². The van der Waals surface area contributed by atoms with Crippen LogP contribution in [-0.2, 0) is 0 Å². The van der Waals surface area contributed by atoms with Gasteiger partial charge in [-0.25, -0.2) is 0 Å². The van der Waals surface area contributed by atoms with Gasteiger partial charge in [-0.05, 0) is 20.3 Å². The van der Waals surface area contributed by atoms with Crippen molar-refractivity contribution in [3.63, 3.8) is 0 Å². The van der Waals surface area contributed by atoms with Crippen LogP contribution in [0.5, 0.6) is 0 Å². The molecular formula is C14H26N2. The zero-order valence-corrected chi connectivity index (χ0v) is 11.0. The molecule has 0 aliphatic heterocycles. The van der Waals surface area contributed by atoms with Crippen LogP contribution in [0.2, 0.25) is 0 Å². The fraction of sp³-hybridized carbons (Fsp3) is 0.571. The minimum Gasteiger partial charge on any atom is -0.383 e. The fourth-order valence-corrected chi connectivity index (χ4v) is 1.43. The molecule has 0 saturated carbocycles. The average molecular weight is 222 g/mol. The highest BCUT2D eigenvalue weighted by Gasteiger charge is 2.10. The SMILES string of the molecule is C=C(C)CNC(=C)C(CCCC)NC(=C)C. The van der Waals surface area contributed by atoms with E-state index in [9.17, 15) is 0 Å². The van der Waals surface area contributed by atoms with Crippen LogP contribution in [0, 0.1) is 0 Å². The fourth-order valence-electron chi connectivity index (χ4n) is 1.43. The first-order chi connectivity index (χ1) is 7.47. The molecule has 0 spiro atoms. The Bertz CT molecular complexity index is 253. The smallest absolute Gasteiger partial charge is 0.0650 e. The lowest BCUT2D eigenvalue weighted by atomic mass is 10.1. The van der Waals surface area contributed by atoms with Crippen molar-refractivity contribution in [1.29, 1.82) is 0 Å². The lowest BCUT2D eigenvalue weighted by molar-refractivity contribution is 0.534. The second-order valence-corrected chi connectivity index (χ2v) is 4.46. The van der Waals surface area contributed by atoms with Gasteiger partial charge >= 0.3 is 0 Å². The summed E-state index contributed by atoms with van der Waals surface area (Å²) < 4.78 is 0. The van der Waals surface area contributed by atoms with E-state index in [0.717, 1.165) is 29.9 Å². The van der Waals surface area contributed by atoms with Gasteiger partial charge in [-0.3, -0.25) is 0 Å². The first-order valence-electron chi connectivity index (χ1n) is 5.96. The van der Waals surface area contributed by atoms with E-state index in [0.29, 0.717) is 0 Å². The Morgan fingerprint density at radius 3 is 2.25 bits per heavy atom. The molecule has 2 heteroatoms. The van der Waals surface area contributed by atoms with Gasteiger partial charge in [-0.1, -0.05) is 45.1 Å². The second-order valence-electron chi connectivity index (χ2n) is 4.46. The van der Waals surface area contributed by atoms with Crippen molar-refractivity contribution in [3.05, 3.63) is 36.7 Å². The Morgan fingerprint density at radius 1 is 1.19 bits per heavy atom. The molecule has 1 unspecified atom stereocenters. The molecule has 2 nitrogen and oxygen atoms in total. The van der Waals surface area contributed by atoms with Crippen molar-refractivity contribution in [2.45, 2.75) is 46.1 Å². The molecule has 0 aliphatic rings. The number of unbranched alkanes of at least 4 members (excludes halogenated alkanes) is 1. The summed E-state index contributed by atoms with van der Waals surface area (Å²) in [5, 5.41) is 6.65. The summed E-state index contributed by atoms with van der Waals surface area (Å²) >= 11 is 0. The van der Waals surface area contributed by atoms with Gasteiger partial charge in [0.15, 0.2) is 0 Å². The summed E-state index contributed by atoms with van der Waals surface area (Å²) in [6.07, 6.45) is 3.48. The molecule has 0 bridgehead atoms. The van der Waals surface area contributed by atoms with Gasteiger partial charge in [0.25, 0.3) is 0 Å². The molecule has 16 heavy (non-hydrogen) atoms. The summed E-state index contributed by atoms with van der Waals surface area (Å²) in [6, 6.07) is 0.275. The van der Waals surface area contributed by atoms with Gasteiger partial charge in [0, 0.05) is 17.9 Å². The largest absolute Gasteiger partial charge is 0.383 e. The van der Waals surface area contributed by atoms with Crippen molar-refractivity contribution in [3.8, 4) is 0 Å². The maximum atomic E-state index is 4.08. The lowest BCUT2D eigenvalue weighted by Crippen LogP contribution is -2.35. The molecule has 0 aliphatic carbocycles. The third-order valence-corrected chi connectivity index (χ3v) is 2.30. The van der Waals surface area contributed by atoms with Crippen LogP contribution in [0.4, 0.5) is 0 Å². The summed E-state index contributed by atoms with van der Waals surface area (Å²) in [5.41, 5.74) is 3.13. The Balaban J connectivity index is 4.19. The standard InChI is InChI=1S/C14H26N2/c1-7-8-9-14(16-12(4)5)13(6)15-10-11(2)3/h14-16H,2,4,6-10H2,1,3,5H3. The maximum Gasteiger partial charge on any atom is 0.0650 e. The van der Waals surface area contributed by atoms with Crippen molar-refractivity contribution in [2.24, 2.45) is 0 Å². The number of hydrogen-bond donors (Lipinski definition) is 2. The molecule has 0 aromatic carbocycles. The van der Waals surface area contributed by atoms with E-state index in [4.69, 9.17) is 0 Å². The molecule has 0 aromatic rings. The van der Waals surface area contributed by atoms with Crippen LogP contribution in [0.3, 0.4) is 0 Å². The number of rotatable bonds is 9. The first kappa shape index (κ1) is 14.8.